The maximum Gasteiger partial charge on any atom is 0.241 e. The third-order valence-corrected chi connectivity index (χ3v) is 4.96. The van der Waals surface area contributed by atoms with Crippen LogP contribution in [0.3, 0.4) is 0 Å². The van der Waals surface area contributed by atoms with Gasteiger partial charge in [-0.05, 0) is 38.6 Å². The zero-order valence-electron chi connectivity index (χ0n) is 15.5. The molecule has 0 aliphatic carbocycles. The van der Waals surface area contributed by atoms with E-state index in [1.54, 1.807) is 4.90 Å². The number of fused-ring (bicyclic) bond motifs is 1. The lowest BCUT2D eigenvalue weighted by Gasteiger charge is -2.31. The number of amides is 2. The summed E-state index contributed by atoms with van der Waals surface area (Å²) in [6.07, 6.45) is 0.290. The number of nitrogens with zero attached hydrogens (tertiary/aromatic N) is 2. The lowest BCUT2D eigenvalue weighted by molar-refractivity contribution is -0.120. The number of carbonyl (C=O) groups excluding carboxylic acids is 2. The molecule has 2 atom stereocenters. The topological polar surface area (TPSA) is 52.7 Å². The van der Waals surface area contributed by atoms with Gasteiger partial charge in [0.15, 0.2) is 0 Å². The molecule has 136 valence electrons. The van der Waals surface area contributed by atoms with Crippen molar-refractivity contribution >= 4 is 23.2 Å². The first-order valence-corrected chi connectivity index (χ1v) is 8.93. The molecule has 0 bridgehead atoms. The Hall–Kier alpha value is -2.66. The van der Waals surface area contributed by atoms with Gasteiger partial charge in [-0.1, -0.05) is 42.5 Å². The van der Waals surface area contributed by atoms with Crippen LogP contribution in [0.1, 0.15) is 31.9 Å². The first kappa shape index (κ1) is 18.1. The molecule has 1 heterocycles. The maximum atomic E-state index is 13.1. The average Bonchev–Trinajstić information content (AvgIpc) is 2.75. The minimum atomic E-state index is -0.188. The van der Waals surface area contributed by atoms with Gasteiger partial charge in [-0.3, -0.25) is 14.5 Å². The lowest BCUT2D eigenvalue weighted by atomic mass is 10.1. The van der Waals surface area contributed by atoms with Gasteiger partial charge in [-0.15, -0.1) is 0 Å². The van der Waals surface area contributed by atoms with E-state index in [-0.39, 0.29) is 30.4 Å². The molecular formula is C21H25N3O2. The van der Waals surface area contributed by atoms with E-state index in [1.807, 2.05) is 61.3 Å². The van der Waals surface area contributed by atoms with E-state index in [0.717, 1.165) is 5.69 Å². The van der Waals surface area contributed by atoms with E-state index in [1.165, 1.54) is 5.56 Å². The van der Waals surface area contributed by atoms with Gasteiger partial charge in [-0.25, -0.2) is 0 Å². The Morgan fingerprint density at radius 3 is 2.58 bits per heavy atom. The van der Waals surface area contributed by atoms with Crippen LogP contribution in [0.15, 0.2) is 54.6 Å². The van der Waals surface area contributed by atoms with E-state index in [4.69, 9.17) is 0 Å². The second kappa shape index (κ2) is 7.70. The number of nitrogens with one attached hydrogen (secondary N) is 1. The quantitative estimate of drug-likeness (QED) is 0.918. The highest BCUT2D eigenvalue weighted by molar-refractivity contribution is 6.04. The van der Waals surface area contributed by atoms with Crippen molar-refractivity contribution in [3.05, 3.63) is 60.2 Å². The summed E-state index contributed by atoms with van der Waals surface area (Å²) in [5.41, 5.74) is 2.62. The lowest BCUT2D eigenvalue weighted by Crippen LogP contribution is -2.44. The van der Waals surface area contributed by atoms with Crippen molar-refractivity contribution in [2.24, 2.45) is 0 Å². The standard InChI is InChI=1S/C21H25N3O2/c1-15-13-20(25)22-18-11-7-8-12-19(18)24(15)21(26)14-23(3)16(2)17-9-5-4-6-10-17/h4-12,15-16H,13-14H2,1-3H3,(H,22,25). The molecular weight excluding hydrogens is 326 g/mol. The SMILES string of the molecule is CC(c1ccccc1)N(C)CC(=O)N1c2ccccc2NC(=O)CC1C. The monoisotopic (exact) mass is 351 g/mol. The van der Waals surface area contributed by atoms with E-state index in [9.17, 15) is 9.59 Å². The van der Waals surface area contributed by atoms with Crippen LogP contribution in [0.4, 0.5) is 11.4 Å². The Bertz CT molecular complexity index is 791. The van der Waals surface area contributed by atoms with E-state index >= 15 is 0 Å². The molecule has 0 aromatic heterocycles. The third kappa shape index (κ3) is 3.78. The molecule has 0 radical (unpaired) electrons. The summed E-state index contributed by atoms with van der Waals surface area (Å²) in [5.74, 6) is -0.0713. The number of anilines is 2. The van der Waals surface area contributed by atoms with Crippen molar-refractivity contribution in [3.63, 3.8) is 0 Å². The van der Waals surface area contributed by atoms with Gasteiger partial charge in [0.1, 0.15) is 0 Å². The van der Waals surface area contributed by atoms with Gasteiger partial charge in [-0.2, -0.15) is 0 Å². The fourth-order valence-electron chi connectivity index (χ4n) is 3.38. The molecule has 2 aromatic carbocycles. The second-order valence-corrected chi connectivity index (χ2v) is 6.88. The maximum absolute atomic E-state index is 13.1. The van der Waals surface area contributed by atoms with Gasteiger partial charge in [0, 0.05) is 18.5 Å². The second-order valence-electron chi connectivity index (χ2n) is 6.88. The number of likely N-dealkylation sites (N-methyl/N-ethyl adjacent to an activating group) is 1. The molecule has 26 heavy (non-hydrogen) atoms. The molecule has 2 unspecified atom stereocenters. The summed E-state index contributed by atoms with van der Waals surface area (Å²) in [5, 5.41) is 2.89. The zero-order chi connectivity index (χ0) is 18.7. The average molecular weight is 351 g/mol. The Kier molecular flexibility index (Phi) is 5.38. The van der Waals surface area contributed by atoms with Crippen LogP contribution in [-0.2, 0) is 9.59 Å². The van der Waals surface area contributed by atoms with Crippen molar-refractivity contribution in [1.29, 1.82) is 0 Å². The highest BCUT2D eigenvalue weighted by Gasteiger charge is 2.30. The minimum Gasteiger partial charge on any atom is -0.324 e. The van der Waals surface area contributed by atoms with Crippen LogP contribution < -0.4 is 10.2 Å². The molecule has 0 saturated heterocycles. The van der Waals surface area contributed by atoms with Crippen LogP contribution >= 0.6 is 0 Å². The Morgan fingerprint density at radius 1 is 1.19 bits per heavy atom. The minimum absolute atomic E-state index is 0.00766. The first-order chi connectivity index (χ1) is 12.5. The van der Waals surface area contributed by atoms with Gasteiger partial charge in [0.2, 0.25) is 11.8 Å². The largest absolute Gasteiger partial charge is 0.324 e. The summed E-state index contributed by atoms with van der Waals surface area (Å²) in [4.78, 5) is 29.0. The summed E-state index contributed by atoms with van der Waals surface area (Å²) >= 11 is 0. The van der Waals surface area contributed by atoms with Gasteiger partial charge in [0.05, 0.1) is 17.9 Å². The fraction of sp³-hybridized carbons (Fsp3) is 0.333. The predicted octanol–water partition coefficient (Wildman–Crippen LogP) is 3.44. The number of carbonyl (C=O) groups is 2. The molecule has 0 saturated carbocycles. The summed E-state index contributed by atoms with van der Waals surface area (Å²) in [6.45, 7) is 4.29. The highest BCUT2D eigenvalue weighted by atomic mass is 16.2. The number of rotatable bonds is 4. The third-order valence-electron chi connectivity index (χ3n) is 4.96. The molecule has 1 aliphatic heterocycles. The predicted molar refractivity (Wildman–Crippen MR) is 104 cm³/mol. The Morgan fingerprint density at radius 2 is 1.85 bits per heavy atom. The van der Waals surface area contributed by atoms with Gasteiger partial charge in [0.25, 0.3) is 0 Å². The molecule has 0 fully saturated rings. The van der Waals surface area contributed by atoms with Crippen LogP contribution in [0, 0.1) is 0 Å². The van der Waals surface area contributed by atoms with Crippen LogP contribution in [-0.4, -0.2) is 36.3 Å². The van der Waals surface area contributed by atoms with E-state index in [0.29, 0.717) is 12.1 Å². The summed E-state index contributed by atoms with van der Waals surface area (Å²) in [6, 6.07) is 17.5. The van der Waals surface area contributed by atoms with Crippen molar-refractivity contribution in [3.8, 4) is 0 Å². The number of hydrogen-bond donors (Lipinski definition) is 1. The smallest absolute Gasteiger partial charge is 0.241 e. The fourth-order valence-corrected chi connectivity index (χ4v) is 3.38. The number of hydrogen-bond acceptors (Lipinski definition) is 3. The molecule has 5 heteroatoms. The van der Waals surface area contributed by atoms with Gasteiger partial charge < -0.3 is 10.2 Å². The summed E-state index contributed by atoms with van der Waals surface area (Å²) in [7, 11) is 1.95. The van der Waals surface area contributed by atoms with Crippen LogP contribution in [0.25, 0.3) is 0 Å². The molecule has 2 amide bonds. The molecule has 1 aliphatic rings. The number of para-hydroxylation sites is 2. The first-order valence-electron chi connectivity index (χ1n) is 8.93. The normalized spacial score (nSPS) is 18.1. The van der Waals surface area contributed by atoms with E-state index < -0.39 is 0 Å². The Balaban J connectivity index is 1.81. The van der Waals surface area contributed by atoms with Crippen LogP contribution in [0.2, 0.25) is 0 Å². The number of benzene rings is 2. The van der Waals surface area contributed by atoms with Crippen molar-refractivity contribution < 1.29 is 9.59 Å². The van der Waals surface area contributed by atoms with E-state index in [2.05, 4.69) is 24.4 Å². The molecule has 3 rings (SSSR count). The Labute approximate surface area is 154 Å². The zero-order valence-corrected chi connectivity index (χ0v) is 15.5. The molecule has 1 N–H and O–H groups in total. The van der Waals surface area contributed by atoms with Crippen LogP contribution in [0.5, 0.6) is 0 Å². The van der Waals surface area contributed by atoms with Gasteiger partial charge >= 0.3 is 0 Å². The molecule has 5 nitrogen and oxygen atoms in total. The summed E-state index contributed by atoms with van der Waals surface area (Å²) < 4.78 is 0. The van der Waals surface area contributed by atoms with Crippen molar-refractivity contribution in [2.45, 2.75) is 32.4 Å². The van der Waals surface area contributed by atoms with Crippen molar-refractivity contribution in [1.82, 2.24) is 4.90 Å². The van der Waals surface area contributed by atoms with Crippen molar-refractivity contribution in [2.75, 3.05) is 23.8 Å². The molecule has 2 aromatic rings. The highest BCUT2D eigenvalue weighted by Crippen LogP contribution is 2.31. The molecule has 0 spiro atoms.